The largest absolute Gasteiger partial charge is 0.490 e. The highest BCUT2D eigenvalue weighted by Gasteiger charge is 2.38. The molecule has 0 bridgehead atoms. The first kappa shape index (κ1) is 15.4. The Morgan fingerprint density at radius 2 is 1.88 bits per heavy atom. The Labute approximate surface area is 94.0 Å². The van der Waals surface area contributed by atoms with Gasteiger partial charge in [-0.3, -0.25) is 9.59 Å². The number of nitrogens with two attached hydrogens (primary N) is 1. The molecule has 1 rings (SSSR count). The van der Waals surface area contributed by atoms with Crippen LogP contribution in [-0.4, -0.2) is 41.5 Å². The van der Waals surface area contributed by atoms with Crippen LogP contribution in [0.15, 0.2) is 0 Å². The molecular weight excluding hydrogens is 245 g/mol. The molecule has 1 heterocycles. The minimum atomic E-state index is -5.08. The quantitative estimate of drug-likeness (QED) is 0.502. The molecule has 1 atom stereocenters. The SMILES string of the molecule is NC1C(=O)CCCNC1=O.O=C(O)C(F)(F)F. The van der Waals surface area contributed by atoms with Crippen LogP contribution in [0.2, 0.25) is 0 Å². The van der Waals surface area contributed by atoms with Crippen molar-refractivity contribution < 1.29 is 32.7 Å². The van der Waals surface area contributed by atoms with E-state index in [1.54, 1.807) is 0 Å². The van der Waals surface area contributed by atoms with Crippen molar-refractivity contribution in [1.29, 1.82) is 0 Å². The van der Waals surface area contributed by atoms with Crippen LogP contribution in [0.3, 0.4) is 0 Å². The Bertz CT molecular complexity index is 298. The zero-order valence-electron chi connectivity index (χ0n) is 8.58. The summed E-state index contributed by atoms with van der Waals surface area (Å²) in [4.78, 5) is 30.5. The normalized spacial score (nSPS) is 20.8. The van der Waals surface area contributed by atoms with Crippen molar-refractivity contribution in [3.05, 3.63) is 0 Å². The molecule has 0 aromatic heterocycles. The van der Waals surface area contributed by atoms with Gasteiger partial charge in [0.25, 0.3) is 0 Å². The summed E-state index contributed by atoms with van der Waals surface area (Å²) in [5.41, 5.74) is 5.26. The van der Waals surface area contributed by atoms with Gasteiger partial charge in [-0.25, -0.2) is 4.79 Å². The number of hydrogen-bond acceptors (Lipinski definition) is 4. The molecule has 1 unspecified atom stereocenters. The fraction of sp³-hybridized carbons (Fsp3) is 0.625. The third-order valence-corrected chi connectivity index (χ3v) is 1.77. The van der Waals surface area contributed by atoms with Crippen molar-refractivity contribution in [2.24, 2.45) is 5.73 Å². The standard InChI is InChI=1S/C6H10N2O2.C2HF3O2/c7-5-4(9)2-1-3-8-6(5)10;3-2(4,5)1(6)7/h5H,1-3,7H2,(H,8,10);(H,6,7). The highest BCUT2D eigenvalue weighted by atomic mass is 19.4. The Morgan fingerprint density at radius 1 is 1.41 bits per heavy atom. The topological polar surface area (TPSA) is 109 Å². The number of rotatable bonds is 0. The van der Waals surface area contributed by atoms with Crippen LogP contribution >= 0.6 is 0 Å². The number of Topliss-reactive ketones (excluding diaryl/α,β-unsaturated/α-hetero) is 1. The van der Waals surface area contributed by atoms with Crippen molar-refractivity contribution in [3.8, 4) is 0 Å². The van der Waals surface area contributed by atoms with Crippen LogP contribution in [-0.2, 0) is 14.4 Å². The molecule has 0 saturated carbocycles. The van der Waals surface area contributed by atoms with Gasteiger partial charge in [-0.05, 0) is 6.42 Å². The summed E-state index contributed by atoms with van der Waals surface area (Å²) in [6.45, 7) is 0.568. The third kappa shape index (κ3) is 5.85. The van der Waals surface area contributed by atoms with E-state index in [4.69, 9.17) is 15.6 Å². The average molecular weight is 256 g/mol. The Morgan fingerprint density at radius 3 is 2.29 bits per heavy atom. The third-order valence-electron chi connectivity index (χ3n) is 1.77. The Balaban J connectivity index is 0.000000325. The van der Waals surface area contributed by atoms with Crippen molar-refractivity contribution in [2.45, 2.75) is 25.1 Å². The maximum Gasteiger partial charge on any atom is 0.490 e. The molecule has 0 spiro atoms. The summed E-state index contributed by atoms with van der Waals surface area (Å²) in [6.07, 6.45) is -3.96. The summed E-state index contributed by atoms with van der Waals surface area (Å²) in [7, 11) is 0. The maximum atomic E-state index is 10.8. The molecule has 17 heavy (non-hydrogen) atoms. The number of carboxylic acid groups (broad SMARTS) is 1. The number of carbonyl (C=O) groups is 3. The summed E-state index contributed by atoms with van der Waals surface area (Å²) >= 11 is 0. The van der Waals surface area contributed by atoms with Crippen molar-refractivity contribution >= 4 is 17.7 Å². The lowest BCUT2D eigenvalue weighted by atomic mass is 10.1. The number of amides is 1. The van der Waals surface area contributed by atoms with Gasteiger partial charge in [0.05, 0.1) is 0 Å². The number of carbonyl (C=O) groups excluding carboxylic acids is 2. The van der Waals surface area contributed by atoms with E-state index in [9.17, 15) is 22.8 Å². The minimum absolute atomic E-state index is 0.157. The molecular formula is C8H11F3N2O4. The molecule has 1 aliphatic heterocycles. The second-order valence-electron chi connectivity index (χ2n) is 3.14. The predicted molar refractivity (Wildman–Crippen MR) is 48.9 cm³/mol. The number of nitrogens with one attached hydrogen (secondary N) is 1. The smallest absolute Gasteiger partial charge is 0.475 e. The predicted octanol–water partition coefficient (Wildman–Crippen LogP) is -0.574. The lowest BCUT2D eigenvalue weighted by Crippen LogP contribution is -2.43. The molecule has 1 aliphatic rings. The van der Waals surface area contributed by atoms with Gasteiger partial charge in [-0.15, -0.1) is 0 Å². The maximum absolute atomic E-state index is 10.8. The molecule has 0 aromatic carbocycles. The molecule has 9 heteroatoms. The minimum Gasteiger partial charge on any atom is -0.475 e. The van der Waals surface area contributed by atoms with Gasteiger partial charge >= 0.3 is 12.1 Å². The Hall–Kier alpha value is -1.64. The van der Waals surface area contributed by atoms with E-state index in [1.807, 2.05) is 0 Å². The van der Waals surface area contributed by atoms with Crippen LogP contribution < -0.4 is 11.1 Å². The number of alkyl halides is 3. The first-order chi connectivity index (χ1) is 7.66. The van der Waals surface area contributed by atoms with Crippen molar-refractivity contribution in [3.63, 3.8) is 0 Å². The lowest BCUT2D eigenvalue weighted by molar-refractivity contribution is -0.192. The van der Waals surface area contributed by atoms with Crippen LogP contribution in [0.25, 0.3) is 0 Å². The van der Waals surface area contributed by atoms with E-state index >= 15 is 0 Å². The van der Waals surface area contributed by atoms with E-state index in [0.29, 0.717) is 19.4 Å². The molecule has 1 saturated heterocycles. The first-order valence-corrected chi connectivity index (χ1v) is 4.52. The van der Waals surface area contributed by atoms with E-state index < -0.39 is 18.2 Å². The number of hydrogen-bond donors (Lipinski definition) is 3. The first-order valence-electron chi connectivity index (χ1n) is 4.52. The lowest BCUT2D eigenvalue weighted by Gasteiger charge is -2.03. The van der Waals surface area contributed by atoms with Crippen molar-refractivity contribution in [1.82, 2.24) is 5.32 Å². The highest BCUT2D eigenvalue weighted by molar-refractivity contribution is 6.05. The second-order valence-corrected chi connectivity index (χ2v) is 3.14. The second kappa shape index (κ2) is 6.18. The summed E-state index contributed by atoms with van der Waals surface area (Å²) in [6, 6.07) is -0.928. The molecule has 1 fully saturated rings. The van der Waals surface area contributed by atoms with Gasteiger partial charge in [0.2, 0.25) is 5.91 Å². The number of halogens is 3. The van der Waals surface area contributed by atoms with E-state index in [0.717, 1.165) is 0 Å². The van der Waals surface area contributed by atoms with Crippen LogP contribution in [0.4, 0.5) is 13.2 Å². The molecule has 6 nitrogen and oxygen atoms in total. The number of carboxylic acids is 1. The van der Waals surface area contributed by atoms with Gasteiger partial charge < -0.3 is 16.2 Å². The van der Waals surface area contributed by atoms with E-state index in [2.05, 4.69) is 5.32 Å². The van der Waals surface area contributed by atoms with E-state index in [1.165, 1.54) is 0 Å². The molecule has 0 aliphatic carbocycles. The van der Waals surface area contributed by atoms with Gasteiger partial charge in [0.15, 0.2) is 5.78 Å². The average Bonchev–Trinajstić information content (AvgIpc) is 2.33. The van der Waals surface area contributed by atoms with Crippen molar-refractivity contribution in [2.75, 3.05) is 6.54 Å². The van der Waals surface area contributed by atoms with Crippen LogP contribution in [0.5, 0.6) is 0 Å². The zero-order chi connectivity index (χ0) is 13.6. The van der Waals surface area contributed by atoms with Gasteiger partial charge in [-0.2, -0.15) is 13.2 Å². The summed E-state index contributed by atoms with van der Waals surface area (Å²) in [5.74, 6) is -3.26. The van der Waals surface area contributed by atoms with Crippen LogP contribution in [0, 0.1) is 0 Å². The van der Waals surface area contributed by atoms with Gasteiger partial charge in [0, 0.05) is 13.0 Å². The van der Waals surface area contributed by atoms with Gasteiger partial charge in [0.1, 0.15) is 6.04 Å². The molecule has 4 N–H and O–H groups in total. The number of ketones is 1. The molecule has 1 amide bonds. The fourth-order valence-corrected chi connectivity index (χ4v) is 0.886. The van der Waals surface area contributed by atoms with Gasteiger partial charge in [-0.1, -0.05) is 0 Å². The molecule has 0 radical (unpaired) electrons. The monoisotopic (exact) mass is 256 g/mol. The molecule has 98 valence electrons. The Kier molecular flexibility index (Phi) is 5.59. The summed E-state index contributed by atoms with van der Waals surface area (Å²) in [5, 5.41) is 9.66. The fourth-order valence-electron chi connectivity index (χ4n) is 0.886. The van der Waals surface area contributed by atoms with Crippen LogP contribution in [0.1, 0.15) is 12.8 Å². The van der Waals surface area contributed by atoms with E-state index in [-0.39, 0.29) is 11.7 Å². The summed E-state index contributed by atoms with van der Waals surface area (Å²) < 4.78 is 31.7. The highest BCUT2D eigenvalue weighted by Crippen LogP contribution is 2.13. The molecule has 0 aromatic rings. The zero-order valence-corrected chi connectivity index (χ0v) is 8.58. The number of aliphatic carboxylic acids is 1.